The molecule has 6 nitrogen and oxygen atoms in total. The third-order valence-corrected chi connectivity index (χ3v) is 3.75. The summed E-state index contributed by atoms with van der Waals surface area (Å²) in [5.74, 6) is 2.33. The lowest BCUT2D eigenvalue weighted by molar-refractivity contribution is 0.684. The normalized spacial score (nSPS) is 14.8. The highest BCUT2D eigenvalue weighted by Gasteiger charge is 2.27. The molecule has 1 saturated carbocycles. The van der Waals surface area contributed by atoms with E-state index in [1.165, 1.54) is 24.6 Å². The van der Waals surface area contributed by atoms with Gasteiger partial charge in [0.1, 0.15) is 23.0 Å². The van der Waals surface area contributed by atoms with Gasteiger partial charge in [0.2, 0.25) is 0 Å². The molecule has 18 heavy (non-hydrogen) atoms. The molecule has 2 heterocycles. The molecule has 0 amide bonds. The summed E-state index contributed by atoms with van der Waals surface area (Å²) in [6, 6.07) is 1.94. The molecule has 2 aromatic heterocycles. The van der Waals surface area contributed by atoms with Crippen LogP contribution in [0.4, 0.5) is 5.82 Å². The second kappa shape index (κ2) is 4.56. The van der Waals surface area contributed by atoms with Gasteiger partial charge in [-0.05, 0) is 24.6 Å². The highest BCUT2D eigenvalue weighted by atomic mass is 32.2. The zero-order valence-electron chi connectivity index (χ0n) is 10.3. The van der Waals surface area contributed by atoms with Crippen LogP contribution in [0.25, 0.3) is 0 Å². The molecular formula is C11H14N6S. The average molecular weight is 262 g/mol. The van der Waals surface area contributed by atoms with Crippen molar-refractivity contribution >= 4 is 17.6 Å². The molecule has 1 N–H and O–H groups in total. The van der Waals surface area contributed by atoms with Crippen LogP contribution in [-0.2, 0) is 7.05 Å². The van der Waals surface area contributed by atoms with E-state index in [0.717, 1.165) is 21.8 Å². The van der Waals surface area contributed by atoms with E-state index >= 15 is 0 Å². The van der Waals surface area contributed by atoms with Gasteiger partial charge in [-0.15, -0.1) is 0 Å². The van der Waals surface area contributed by atoms with Crippen molar-refractivity contribution in [3.8, 4) is 0 Å². The van der Waals surface area contributed by atoms with Crippen molar-refractivity contribution in [3.05, 3.63) is 18.2 Å². The van der Waals surface area contributed by atoms with Crippen LogP contribution in [0.1, 0.15) is 24.6 Å². The molecule has 1 fully saturated rings. The van der Waals surface area contributed by atoms with Crippen molar-refractivity contribution in [1.29, 1.82) is 0 Å². The zero-order chi connectivity index (χ0) is 12.5. The van der Waals surface area contributed by atoms with Gasteiger partial charge in [-0.2, -0.15) is 5.10 Å². The quantitative estimate of drug-likeness (QED) is 0.845. The highest BCUT2D eigenvalue weighted by molar-refractivity contribution is 7.99. The molecule has 3 rings (SSSR count). The molecule has 1 aliphatic carbocycles. The fourth-order valence-corrected chi connectivity index (χ4v) is 2.39. The van der Waals surface area contributed by atoms with Gasteiger partial charge in [0.15, 0.2) is 5.16 Å². The minimum atomic E-state index is 0.539. The summed E-state index contributed by atoms with van der Waals surface area (Å²) in [7, 11) is 3.74. The Labute approximate surface area is 109 Å². The van der Waals surface area contributed by atoms with Crippen LogP contribution >= 0.6 is 11.8 Å². The van der Waals surface area contributed by atoms with Crippen molar-refractivity contribution < 1.29 is 0 Å². The van der Waals surface area contributed by atoms with Gasteiger partial charge >= 0.3 is 0 Å². The molecule has 0 atom stereocenters. The van der Waals surface area contributed by atoms with Gasteiger partial charge in [0, 0.05) is 26.1 Å². The maximum absolute atomic E-state index is 4.59. The molecule has 0 radical (unpaired) electrons. The fraction of sp³-hybridized carbons (Fsp3) is 0.455. The number of hydrogen-bond donors (Lipinski definition) is 1. The van der Waals surface area contributed by atoms with Gasteiger partial charge in [0.05, 0.1) is 0 Å². The molecule has 0 aromatic carbocycles. The monoisotopic (exact) mass is 262 g/mol. The standard InChI is InChI=1S/C11H14N6S/c1-12-8-5-9(16-10(15-8)7-3-4-7)18-11-13-6-14-17(11)2/h5-7H,3-4H2,1-2H3,(H,12,15,16). The summed E-state index contributed by atoms with van der Waals surface area (Å²) < 4.78 is 1.74. The lowest BCUT2D eigenvalue weighted by Gasteiger charge is -2.06. The molecule has 0 aliphatic heterocycles. The summed E-state index contributed by atoms with van der Waals surface area (Å²) in [5, 5.41) is 8.87. The third kappa shape index (κ3) is 2.31. The maximum Gasteiger partial charge on any atom is 0.192 e. The van der Waals surface area contributed by atoms with E-state index in [1.54, 1.807) is 11.0 Å². The van der Waals surface area contributed by atoms with Crippen LogP contribution < -0.4 is 5.32 Å². The smallest absolute Gasteiger partial charge is 0.192 e. The molecule has 2 aromatic rings. The van der Waals surface area contributed by atoms with Crippen molar-refractivity contribution in [2.24, 2.45) is 7.05 Å². The predicted octanol–water partition coefficient (Wildman–Crippen LogP) is 1.68. The number of nitrogens with one attached hydrogen (secondary N) is 1. The van der Waals surface area contributed by atoms with Crippen LogP contribution in [0.5, 0.6) is 0 Å². The van der Waals surface area contributed by atoms with Crippen LogP contribution in [-0.4, -0.2) is 31.8 Å². The number of rotatable bonds is 4. The Hall–Kier alpha value is -1.63. The molecule has 1 aliphatic rings. The Bertz CT molecular complexity index is 562. The topological polar surface area (TPSA) is 68.5 Å². The number of nitrogens with zero attached hydrogens (tertiary/aromatic N) is 5. The van der Waals surface area contributed by atoms with E-state index in [-0.39, 0.29) is 0 Å². The highest BCUT2D eigenvalue weighted by Crippen LogP contribution is 2.39. The fourth-order valence-electron chi connectivity index (χ4n) is 1.62. The van der Waals surface area contributed by atoms with Gasteiger partial charge in [-0.3, -0.25) is 0 Å². The van der Waals surface area contributed by atoms with Gasteiger partial charge in [-0.25, -0.2) is 19.6 Å². The lowest BCUT2D eigenvalue weighted by Crippen LogP contribution is -2.01. The third-order valence-electron chi connectivity index (χ3n) is 2.78. The minimum Gasteiger partial charge on any atom is -0.373 e. The minimum absolute atomic E-state index is 0.539. The Balaban J connectivity index is 1.90. The SMILES string of the molecule is CNc1cc(Sc2ncnn2C)nc(C2CC2)n1. The lowest BCUT2D eigenvalue weighted by atomic mass is 10.4. The van der Waals surface area contributed by atoms with Crippen molar-refractivity contribution in [1.82, 2.24) is 24.7 Å². The number of hydrogen-bond acceptors (Lipinski definition) is 6. The molecule has 0 unspecified atom stereocenters. The molecule has 7 heteroatoms. The number of aryl methyl sites for hydroxylation is 1. The average Bonchev–Trinajstić information content (AvgIpc) is 3.15. The van der Waals surface area contributed by atoms with Crippen LogP contribution in [0, 0.1) is 0 Å². The maximum atomic E-state index is 4.59. The Morgan fingerprint density at radius 2 is 2.22 bits per heavy atom. The van der Waals surface area contributed by atoms with Gasteiger partial charge < -0.3 is 5.32 Å². The van der Waals surface area contributed by atoms with Crippen molar-refractivity contribution in [2.75, 3.05) is 12.4 Å². The Morgan fingerprint density at radius 1 is 1.39 bits per heavy atom. The van der Waals surface area contributed by atoms with Crippen LogP contribution in [0.15, 0.2) is 22.6 Å². The zero-order valence-corrected chi connectivity index (χ0v) is 11.1. The first-order valence-corrected chi connectivity index (χ1v) is 6.66. The predicted molar refractivity (Wildman–Crippen MR) is 68.7 cm³/mol. The number of aromatic nitrogens is 5. The first kappa shape index (κ1) is 11.5. The Kier molecular flexibility index (Phi) is 2.91. The van der Waals surface area contributed by atoms with E-state index in [9.17, 15) is 0 Å². The van der Waals surface area contributed by atoms with E-state index in [1.807, 2.05) is 20.2 Å². The van der Waals surface area contributed by atoms with E-state index in [2.05, 4.69) is 25.4 Å². The molecular weight excluding hydrogens is 248 g/mol. The first-order valence-electron chi connectivity index (χ1n) is 5.85. The molecule has 94 valence electrons. The first-order chi connectivity index (χ1) is 8.76. The summed E-state index contributed by atoms with van der Waals surface area (Å²) in [6.45, 7) is 0. The van der Waals surface area contributed by atoms with Crippen molar-refractivity contribution in [3.63, 3.8) is 0 Å². The van der Waals surface area contributed by atoms with Crippen molar-refractivity contribution in [2.45, 2.75) is 28.9 Å². The van der Waals surface area contributed by atoms with E-state index in [4.69, 9.17) is 0 Å². The van der Waals surface area contributed by atoms with Crippen LogP contribution in [0.2, 0.25) is 0 Å². The second-order valence-electron chi connectivity index (χ2n) is 4.24. The van der Waals surface area contributed by atoms with E-state index in [0.29, 0.717) is 5.92 Å². The summed E-state index contributed by atoms with van der Waals surface area (Å²) in [4.78, 5) is 13.3. The van der Waals surface area contributed by atoms with Crippen LogP contribution in [0.3, 0.4) is 0 Å². The summed E-state index contributed by atoms with van der Waals surface area (Å²) >= 11 is 1.51. The van der Waals surface area contributed by atoms with Gasteiger partial charge in [0.25, 0.3) is 0 Å². The largest absolute Gasteiger partial charge is 0.373 e. The molecule has 0 bridgehead atoms. The molecule has 0 spiro atoms. The molecule has 0 saturated heterocycles. The van der Waals surface area contributed by atoms with E-state index < -0.39 is 0 Å². The second-order valence-corrected chi connectivity index (χ2v) is 5.23. The summed E-state index contributed by atoms with van der Waals surface area (Å²) in [5.41, 5.74) is 0. The Morgan fingerprint density at radius 3 is 2.83 bits per heavy atom. The summed E-state index contributed by atoms with van der Waals surface area (Å²) in [6.07, 6.45) is 3.94. The number of anilines is 1. The van der Waals surface area contributed by atoms with Gasteiger partial charge in [-0.1, -0.05) is 0 Å².